The first kappa shape index (κ1) is 14.1. The summed E-state index contributed by atoms with van der Waals surface area (Å²) in [6.45, 7) is 3.84. The maximum absolute atomic E-state index is 10.9. The standard InChI is InChI=1S/C11H20O4/c1-4-5-10(6-7-12)15-9(2)8-11(13)14-3/h7,9-10H,4-6,8H2,1-3H3/t9-,10-/m1/s1. The molecule has 4 nitrogen and oxygen atoms in total. The van der Waals surface area contributed by atoms with Crippen LogP contribution < -0.4 is 0 Å². The Balaban J connectivity index is 3.92. The maximum atomic E-state index is 10.9. The molecule has 0 fully saturated rings. The van der Waals surface area contributed by atoms with Crippen LogP contribution in [-0.4, -0.2) is 31.6 Å². The van der Waals surface area contributed by atoms with Crippen molar-refractivity contribution < 1.29 is 19.1 Å². The summed E-state index contributed by atoms with van der Waals surface area (Å²) in [5.41, 5.74) is 0. The summed E-state index contributed by atoms with van der Waals surface area (Å²) in [6.07, 6.45) is 2.99. The summed E-state index contributed by atoms with van der Waals surface area (Å²) >= 11 is 0. The third kappa shape index (κ3) is 7.08. The predicted octanol–water partition coefficient (Wildman–Crippen LogP) is 1.71. The Labute approximate surface area is 90.9 Å². The lowest BCUT2D eigenvalue weighted by Crippen LogP contribution is -2.23. The lowest BCUT2D eigenvalue weighted by atomic mass is 10.1. The van der Waals surface area contributed by atoms with Crippen molar-refractivity contribution >= 4 is 12.3 Å². The predicted molar refractivity (Wildman–Crippen MR) is 56.6 cm³/mol. The highest BCUT2D eigenvalue weighted by Gasteiger charge is 2.15. The largest absolute Gasteiger partial charge is 0.469 e. The minimum Gasteiger partial charge on any atom is -0.469 e. The quantitative estimate of drug-likeness (QED) is 0.458. The molecule has 2 atom stereocenters. The van der Waals surface area contributed by atoms with E-state index in [1.54, 1.807) is 0 Å². The smallest absolute Gasteiger partial charge is 0.308 e. The fraction of sp³-hybridized carbons (Fsp3) is 0.818. The first-order chi connectivity index (χ1) is 7.13. The fourth-order valence-corrected chi connectivity index (χ4v) is 1.37. The Hall–Kier alpha value is -0.900. The van der Waals surface area contributed by atoms with E-state index in [-0.39, 0.29) is 24.6 Å². The van der Waals surface area contributed by atoms with E-state index in [4.69, 9.17) is 4.74 Å². The summed E-state index contributed by atoms with van der Waals surface area (Å²) < 4.78 is 10.1. The average molecular weight is 216 g/mol. The second kappa shape index (κ2) is 8.41. The van der Waals surface area contributed by atoms with Crippen LogP contribution in [0.3, 0.4) is 0 Å². The van der Waals surface area contributed by atoms with Gasteiger partial charge >= 0.3 is 5.97 Å². The highest BCUT2D eigenvalue weighted by atomic mass is 16.5. The lowest BCUT2D eigenvalue weighted by molar-refractivity contribution is -0.144. The van der Waals surface area contributed by atoms with Gasteiger partial charge in [0.15, 0.2) is 0 Å². The maximum Gasteiger partial charge on any atom is 0.308 e. The van der Waals surface area contributed by atoms with Gasteiger partial charge in [0.25, 0.3) is 0 Å². The van der Waals surface area contributed by atoms with Gasteiger partial charge in [-0.15, -0.1) is 0 Å². The molecule has 0 radical (unpaired) electrons. The van der Waals surface area contributed by atoms with Crippen LogP contribution in [0.1, 0.15) is 39.5 Å². The van der Waals surface area contributed by atoms with E-state index in [1.165, 1.54) is 7.11 Å². The van der Waals surface area contributed by atoms with Crippen LogP contribution in [-0.2, 0) is 19.1 Å². The zero-order valence-electron chi connectivity index (χ0n) is 9.69. The fourth-order valence-electron chi connectivity index (χ4n) is 1.37. The van der Waals surface area contributed by atoms with Crippen LogP contribution in [0.4, 0.5) is 0 Å². The normalized spacial score (nSPS) is 14.3. The van der Waals surface area contributed by atoms with E-state index >= 15 is 0 Å². The third-order valence-electron chi connectivity index (χ3n) is 2.08. The van der Waals surface area contributed by atoms with Crippen molar-refractivity contribution in [3.05, 3.63) is 0 Å². The van der Waals surface area contributed by atoms with Crippen molar-refractivity contribution in [2.75, 3.05) is 7.11 Å². The highest BCUT2D eigenvalue weighted by Crippen LogP contribution is 2.11. The zero-order valence-corrected chi connectivity index (χ0v) is 9.69. The van der Waals surface area contributed by atoms with E-state index in [1.807, 2.05) is 13.8 Å². The number of hydrogen-bond acceptors (Lipinski definition) is 4. The van der Waals surface area contributed by atoms with Gasteiger partial charge in [0, 0.05) is 6.42 Å². The van der Waals surface area contributed by atoms with Gasteiger partial charge in [-0.25, -0.2) is 0 Å². The molecular weight excluding hydrogens is 196 g/mol. The average Bonchev–Trinajstić information content (AvgIpc) is 2.18. The molecule has 0 aromatic heterocycles. The SMILES string of the molecule is CCC[C@H](CC=O)O[C@H](C)CC(=O)OC. The van der Waals surface area contributed by atoms with Gasteiger partial charge in [0.05, 0.1) is 25.7 Å². The van der Waals surface area contributed by atoms with Crippen molar-refractivity contribution in [3.63, 3.8) is 0 Å². The summed E-state index contributed by atoms with van der Waals surface area (Å²) in [5.74, 6) is -0.288. The molecule has 0 saturated heterocycles. The van der Waals surface area contributed by atoms with Crippen molar-refractivity contribution in [2.24, 2.45) is 0 Å². The molecule has 4 heteroatoms. The van der Waals surface area contributed by atoms with Gasteiger partial charge in [0.2, 0.25) is 0 Å². The van der Waals surface area contributed by atoms with Gasteiger partial charge in [-0.2, -0.15) is 0 Å². The number of carbonyl (C=O) groups excluding carboxylic acids is 2. The molecule has 15 heavy (non-hydrogen) atoms. The topological polar surface area (TPSA) is 52.6 Å². The number of aldehydes is 1. The van der Waals surface area contributed by atoms with Crippen LogP contribution in [0.25, 0.3) is 0 Å². The van der Waals surface area contributed by atoms with Crippen molar-refractivity contribution in [1.29, 1.82) is 0 Å². The number of methoxy groups -OCH3 is 1. The second-order valence-electron chi connectivity index (χ2n) is 3.54. The molecule has 0 amide bonds. The Kier molecular flexibility index (Phi) is 7.91. The molecule has 88 valence electrons. The van der Waals surface area contributed by atoms with Crippen molar-refractivity contribution in [3.8, 4) is 0 Å². The molecule has 0 aromatic carbocycles. The van der Waals surface area contributed by atoms with Gasteiger partial charge in [-0.3, -0.25) is 4.79 Å². The Bertz CT molecular complexity index is 191. The number of hydrogen-bond donors (Lipinski definition) is 0. The second-order valence-corrected chi connectivity index (χ2v) is 3.54. The molecule has 0 saturated carbocycles. The van der Waals surface area contributed by atoms with Crippen molar-refractivity contribution in [1.82, 2.24) is 0 Å². The van der Waals surface area contributed by atoms with E-state index in [0.717, 1.165) is 19.1 Å². The van der Waals surface area contributed by atoms with E-state index in [9.17, 15) is 9.59 Å². The summed E-state index contributed by atoms with van der Waals surface area (Å²) in [6, 6.07) is 0. The third-order valence-corrected chi connectivity index (χ3v) is 2.08. The first-order valence-corrected chi connectivity index (χ1v) is 5.29. The number of rotatable bonds is 8. The van der Waals surface area contributed by atoms with E-state index in [2.05, 4.69) is 4.74 Å². The Morgan fingerprint density at radius 3 is 2.60 bits per heavy atom. The molecule has 0 aliphatic heterocycles. The highest BCUT2D eigenvalue weighted by molar-refractivity contribution is 5.69. The molecular formula is C11H20O4. The monoisotopic (exact) mass is 216 g/mol. The summed E-state index contributed by atoms with van der Waals surface area (Å²) in [5, 5.41) is 0. The number of esters is 1. The number of ether oxygens (including phenoxy) is 2. The summed E-state index contributed by atoms with van der Waals surface area (Å²) in [7, 11) is 1.35. The van der Waals surface area contributed by atoms with Crippen LogP contribution in [0.2, 0.25) is 0 Å². The van der Waals surface area contributed by atoms with Crippen LogP contribution in [0.15, 0.2) is 0 Å². The van der Waals surface area contributed by atoms with E-state index in [0.29, 0.717) is 6.42 Å². The van der Waals surface area contributed by atoms with Gasteiger partial charge in [-0.05, 0) is 13.3 Å². The van der Waals surface area contributed by atoms with E-state index < -0.39 is 0 Å². The molecule has 0 bridgehead atoms. The molecule has 0 unspecified atom stereocenters. The minimum absolute atomic E-state index is 0.0767. The Morgan fingerprint density at radius 2 is 2.13 bits per heavy atom. The van der Waals surface area contributed by atoms with Crippen LogP contribution >= 0.6 is 0 Å². The molecule has 0 heterocycles. The van der Waals surface area contributed by atoms with Gasteiger partial charge in [0.1, 0.15) is 6.29 Å². The molecule has 0 spiro atoms. The van der Waals surface area contributed by atoms with Crippen LogP contribution in [0, 0.1) is 0 Å². The summed E-state index contributed by atoms with van der Waals surface area (Å²) in [4.78, 5) is 21.3. The molecule has 0 aliphatic rings. The van der Waals surface area contributed by atoms with Crippen LogP contribution in [0.5, 0.6) is 0 Å². The molecule has 0 rings (SSSR count). The van der Waals surface area contributed by atoms with Gasteiger partial charge < -0.3 is 14.3 Å². The first-order valence-electron chi connectivity index (χ1n) is 5.29. The minimum atomic E-state index is -0.288. The lowest BCUT2D eigenvalue weighted by Gasteiger charge is -2.19. The molecule has 0 aliphatic carbocycles. The van der Waals surface area contributed by atoms with Crippen molar-refractivity contribution in [2.45, 2.75) is 51.7 Å². The Morgan fingerprint density at radius 1 is 1.47 bits per heavy atom. The molecule has 0 N–H and O–H groups in total. The molecule has 0 aromatic rings. The number of carbonyl (C=O) groups is 2. The van der Waals surface area contributed by atoms with Gasteiger partial charge in [-0.1, -0.05) is 13.3 Å². The zero-order chi connectivity index (χ0) is 11.7.